The van der Waals surface area contributed by atoms with Gasteiger partial charge in [-0.15, -0.1) is 0 Å². The van der Waals surface area contributed by atoms with Crippen LogP contribution in [-0.4, -0.2) is 20.5 Å². The first-order chi connectivity index (χ1) is 7.40. The Morgan fingerprint density at radius 1 is 1.50 bits per heavy atom. The Balaban J connectivity index is 2.28. The van der Waals surface area contributed by atoms with Gasteiger partial charge in [-0.1, -0.05) is 0 Å². The van der Waals surface area contributed by atoms with E-state index in [1.807, 2.05) is 0 Å². The molecule has 0 bridgehead atoms. The normalized spacial score (nSPS) is 24.4. The van der Waals surface area contributed by atoms with Crippen molar-refractivity contribution in [1.29, 1.82) is 0 Å². The molecule has 1 fully saturated rings. The molecular weight excluding hydrogens is 231 g/mol. The van der Waals surface area contributed by atoms with E-state index in [1.165, 1.54) is 12.1 Å². The Bertz CT molecular complexity index is 516. The van der Waals surface area contributed by atoms with Crippen molar-refractivity contribution >= 4 is 10.0 Å². The third-order valence-corrected chi connectivity index (χ3v) is 4.22. The Kier molecular flexibility index (Phi) is 2.73. The second-order valence-corrected chi connectivity index (χ2v) is 5.72. The van der Waals surface area contributed by atoms with E-state index in [1.54, 1.807) is 6.92 Å². The van der Waals surface area contributed by atoms with Gasteiger partial charge in [0.15, 0.2) is 0 Å². The number of nitrogens with one attached hydrogen (secondary N) is 1. The minimum Gasteiger partial charge on any atom is -0.326 e. The van der Waals surface area contributed by atoms with E-state index in [0.717, 1.165) is 6.07 Å². The van der Waals surface area contributed by atoms with Crippen LogP contribution in [0, 0.1) is 12.7 Å². The van der Waals surface area contributed by atoms with E-state index in [4.69, 9.17) is 5.73 Å². The summed E-state index contributed by atoms with van der Waals surface area (Å²) < 4.78 is 39.1. The maximum atomic E-state index is 12.8. The molecule has 0 spiro atoms. The van der Waals surface area contributed by atoms with E-state index >= 15 is 0 Å². The zero-order valence-corrected chi connectivity index (χ0v) is 9.59. The molecule has 0 heterocycles. The van der Waals surface area contributed by atoms with Gasteiger partial charge in [0.2, 0.25) is 10.0 Å². The lowest BCUT2D eigenvalue weighted by molar-refractivity contribution is 0.578. The van der Waals surface area contributed by atoms with Crippen LogP contribution in [-0.2, 0) is 10.0 Å². The minimum atomic E-state index is -3.57. The first kappa shape index (κ1) is 11.5. The molecule has 0 amide bonds. The zero-order chi connectivity index (χ0) is 11.9. The quantitative estimate of drug-likeness (QED) is 0.814. The summed E-state index contributed by atoms with van der Waals surface area (Å²) in [7, 11) is -3.57. The molecule has 3 N–H and O–H groups in total. The Labute approximate surface area is 93.7 Å². The second-order valence-electron chi connectivity index (χ2n) is 4.04. The lowest BCUT2D eigenvalue weighted by atomic mass is 10.2. The predicted molar refractivity (Wildman–Crippen MR) is 57.8 cm³/mol. The molecule has 4 nitrogen and oxygen atoms in total. The van der Waals surface area contributed by atoms with Crippen molar-refractivity contribution in [3.8, 4) is 0 Å². The largest absolute Gasteiger partial charge is 0.326 e. The maximum absolute atomic E-state index is 12.8. The standard InChI is InChI=1S/C10H13FN2O2S/c1-6-4-7(11)2-3-10(6)16(14,15)13-9-5-8(9)12/h2-4,8-9,13H,5,12H2,1H3. The fourth-order valence-electron chi connectivity index (χ4n) is 1.53. The number of benzene rings is 1. The number of aryl methyl sites for hydroxylation is 1. The highest BCUT2D eigenvalue weighted by Crippen LogP contribution is 2.23. The summed E-state index contributed by atoms with van der Waals surface area (Å²) in [4.78, 5) is 0.105. The summed E-state index contributed by atoms with van der Waals surface area (Å²) in [6.45, 7) is 1.56. The monoisotopic (exact) mass is 244 g/mol. The first-order valence-electron chi connectivity index (χ1n) is 4.94. The van der Waals surface area contributed by atoms with Crippen LogP contribution in [0.2, 0.25) is 0 Å². The van der Waals surface area contributed by atoms with Crippen molar-refractivity contribution in [3.05, 3.63) is 29.6 Å². The Hall–Kier alpha value is -0.980. The molecule has 0 radical (unpaired) electrons. The topological polar surface area (TPSA) is 72.2 Å². The van der Waals surface area contributed by atoms with Crippen LogP contribution < -0.4 is 10.5 Å². The fraction of sp³-hybridized carbons (Fsp3) is 0.400. The number of halogens is 1. The number of hydrogen-bond donors (Lipinski definition) is 2. The summed E-state index contributed by atoms with van der Waals surface area (Å²) in [6, 6.07) is 3.31. The molecule has 1 saturated carbocycles. The molecule has 2 rings (SSSR count). The van der Waals surface area contributed by atoms with E-state index in [2.05, 4.69) is 4.72 Å². The molecule has 6 heteroatoms. The third-order valence-electron chi connectivity index (χ3n) is 2.57. The molecule has 1 aromatic rings. The van der Waals surface area contributed by atoms with Gasteiger partial charge >= 0.3 is 0 Å². The molecule has 0 aromatic heterocycles. The SMILES string of the molecule is Cc1cc(F)ccc1S(=O)(=O)NC1CC1N. The molecule has 0 aliphatic heterocycles. The number of sulfonamides is 1. The number of rotatable bonds is 3. The molecule has 1 aliphatic carbocycles. The summed E-state index contributed by atoms with van der Waals surface area (Å²) in [6.07, 6.45) is 0.652. The molecule has 2 unspecified atom stereocenters. The average Bonchev–Trinajstić information content (AvgIpc) is 2.79. The predicted octanol–water partition coefficient (Wildman–Crippen LogP) is 0.512. The van der Waals surface area contributed by atoms with Crippen LogP contribution in [0.5, 0.6) is 0 Å². The minimum absolute atomic E-state index is 0.101. The zero-order valence-electron chi connectivity index (χ0n) is 8.77. The molecule has 1 aromatic carbocycles. The van der Waals surface area contributed by atoms with Crippen LogP contribution in [0.1, 0.15) is 12.0 Å². The molecule has 88 valence electrons. The highest BCUT2D eigenvalue weighted by molar-refractivity contribution is 7.89. The van der Waals surface area contributed by atoms with E-state index in [9.17, 15) is 12.8 Å². The van der Waals surface area contributed by atoms with E-state index < -0.39 is 15.8 Å². The third kappa shape index (κ3) is 2.23. The van der Waals surface area contributed by atoms with Gasteiger partial charge in [-0.25, -0.2) is 17.5 Å². The summed E-state index contributed by atoms with van der Waals surface area (Å²) in [5.41, 5.74) is 5.92. The van der Waals surface area contributed by atoms with Crippen LogP contribution in [0.4, 0.5) is 4.39 Å². The van der Waals surface area contributed by atoms with Crippen LogP contribution in [0.15, 0.2) is 23.1 Å². The number of nitrogens with two attached hydrogens (primary N) is 1. The van der Waals surface area contributed by atoms with Gasteiger partial charge in [-0.05, 0) is 37.1 Å². The second kappa shape index (κ2) is 3.80. The van der Waals surface area contributed by atoms with Crippen molar-refractivity contribution in [2.75, 3.05) is 0 Å². The maximum Gasteiger partial charge on any atom is 0.241 e. The van der Waals surface area contributed by atoms with Crippen molar-refractivity contribution in [2.45, 2.75) is 30.3 Å². The van der Waals surface area contributed by atoms with Crippen LogP contribution in [0.3, 0.4) is 0 Å². The lowest BCUT2D eigenvalue weighted by Gasteiger charge is -2.08. The van der Waals surface area contributed by atoms with Crippen molar-refractivity contribution in [3.63, 3.8) is 0 Å². The molecular formula is C10H13FN2O2S. The Morgan fingerprint density at radius 3 is 2.62 bits per heavy atom. The lowest BCUT2D eigenvalue weighted by Crippen LogP contribution is -2.30. The van der Waals surface area contributed by atoms with Gasteiger partial charge in [0.1, 0.15) is 5.82 Å². The summed E-state index contributed by atoms with van der Waals surface area (Å²) >= 11 is 0. The Morgan fingerprint density at radius 2 is 2.12 bits per heavy atom. The van der Waals surface area contributed by atoms with E-state index in [0.29, 0.717) is 12.0 Å². The van der Waals surface area contributed by atoms with Crippen LogP contribution in [0.25, 0.3) is 0 Å². The van der Waals surface area contributed by atoms with Gasteiger partial charge in [0.25, 0.3) is 0 Å². The van der Waals surface area contributed by atoms with Crippen molar-refractivity contribution in [2.24, 2.45) is 5.73 Å². The summed E-state index contributed by atoms with van der Waals surface area (Å²) in [5.74, 6) is -0.445. The van der Waals surface area contributed by atoms with Gasteiger partial charge in [0.05, 0.1) is 4.90 Å². The molecule has 2 atom stereocenters. The van der Waals surface area contributed by atoms with Crippen molar-refractivity contribution in [1.82, 2.24) is 4.72 Å². The smallest absolute Gasteiger partial charge is 0.241 e. The number of hydrogen-bond acceptors (Lipinski definition) is 3. The molecule has 16 heavy (non-hydrogen) atoms. The van der Waals surface area contributed by atoms with Crippen molar-refractivity contribution < 1.29 is 12.8 Å². The van der Waals surface area contributed by atoms with Gasteiger partial charge < -0.3 is 5.73 Å². The first-order valence-corrected chi connectivity index (χ1v) is 6.42. The van der Waals surface area contributed by atoms with Gasteiger partial charge in [0, 0.05) is 12.1 Å². The highest BCUT2D eigenvalue weighted by atomic mass is 32.2. The van der Waals surface area contributed by atoms with E-state index in [-0.39, 0.29) is 17.0 Å². The highest BCUT2D eigenvalue weighted by Gasteiger charge is 2.37. The van der Waals surface area contributed by atoms with Crippen LogP contribution >= 0.6 is 0 Å². The summed E-state index contributed by atoms with van der Waals surface area (Å²) in [5, 5.41) is 0. The van der Waals surface area contributed by atoms with Gasteiger partial charge in [-0.2, -0.15) is 0 Å². The fourth-order valence-corrected chi connectivity index (χ4v) is 3.05. The molecule has 0 saturated heterocycles. The van der Waals surface area contributed by atoms with Gasteiger partial charge in [-0.3, -0.25) is 0 Å². The average molecular weight is 244 g/mol. The molecule has 1 aliphatic rings.